The maximum Gasteiger partial charge on any atom is 0.326 e. The fraction of sp³-hybridized carbons (Fsp3) is 0.824. The lowest BCUT2D eigenvalue weighted by molar-refractivity contribution is -0.152. The van der Waals surface area contributed by atoms with E-state index in [0.29, 0.717) is 25.2 Å². The van der Waals surface area contributed by atoms with Crippen LogP contribution in [-0.2, 0) is 14.3 Å². The van der Waals surface area contributed by atoms with E-state index in [4.69, 9.17) is 4.74 Å². The minimum absolute atomic E-state index is 0.216. The van der Waals surface area contributed by atoms with E-state index in [2.05, 4.69) is 24.1 Å². The lowest BCUT2D eigenvalue weighted by atomic mass is 9.87. The molecule has 0 radical (unpaired) electrons. The van der Waals surface area contributed by atoms with Crippen molar-refractivity contribution in [3.8, 4) is 0 Å². The SMILES string of the molecule is CCC(C)OC(=O)CN1C(=O)NC2(CCN(CC(C)C)CC2)C1=O. The van der Waals surface area contributed by atoms with Crippen molar-refractivity contribution in [1.29, 1.82) is 0 Å². The Bertz CT molecular complexity index is 498. The number of hydrogen-bond donors (Lipinski definition) is 1. The summed E-state index contributed by atoms with van der Waals surface area (Å²) in [4.78, 5) is 40.1. The molecule has 2 rings (SSSR count). The number of rotatable bonds is 6. The van der Waals surface area contributed by atoms with Gasteiger partial charge in [-0.1, -0.05) is 20.8 Å². The van der Waals surface area contributed by atoms with Gasteiger partial charge in [0.15, 0.2) is 0 Å². The lowest BCUT2D eigenvalue weighted by Gasteiger charge is -2.37. The quantitative estimate of drug-likeness (QED) is 0.584. The second kappa shape index (κ2) is 7.51. The monoisotopic (exact) mass is 339 g/mol. The molecule has 7 heteroatoms. The first-order valence-corrected chi connectivity index (χ1v) is 8.83. The molecule has 0 aliphatic carbocycles. The van der Waals surface area contributed by atoms with Gasteiger partial charge in [-0.2, -0.15) is 0 Å². The van der Waals surface area contributed by atoms with Crippen LogP contribution in [0.2, 0.25) is 0 Å². The average molecular weight is 339 g/mol. The van der Waals surface area contributed by atoms with Crippen LogP contribution in [0.3, 0.4) is 0 Å². The van der Waals surface area contributed by atoms with Gasteiger partial charge in [-0.3, -0.25) is 14.5 Å². The number of amides is 3. The number of nitrogens with zero attached hydrogens (tertiary/aromatic N) is 2. The summed E-state index contributed by atoms with van der Waals surface area (Å²) in [5, 5.41) is 2.82. The summed E-state index contributed by atoms with van der Waals surface area (Å²) in [6, 6.07) is -0.488. The molecule has 0 aromatic carbocycles. The number of carbonyl (C=O) groups is 3. The maximum absolute atomic E-state index is 12.7. The van der Waals surface area contributed by atoms with E-state index in [9.17, 15) is 14.4 Å². The summed E-state index contributed by atoms with van der Waals surface area (Å²) in [5.74, 6) is -0.264. The van der Waals surface area contributed by atoms with Crippen molar-refractivity contribution in [1.82, 2.24) is 15.1 Å². The number of urea groups is 1. The van der Waals surface area contributed by atoms with Gasteiger partial charge in [-0.05, 0) is 32.1 Å². The van der Waals surface area contributed by atoms with Gasteiger partial charge in [0.25, 0.3) is 5.91 Å². The molecule has 1 atom stereocenters. The number of likely N-dealkylation sites (tertiary alicyclic amines) is 1. The number of esters is 1. The number of ether oxygens (including phenoxy) is 1. The molecule has 1 N–H and O–H groups in total. The molecule has 0 aromatic heterocycles. The van der Waals surface area contributed by atoms with Crippen molar-refractivity contribution in [3.63, 3.8) is 0 Å². The molecule has 136 valence electrons. The Balaban J connectivity index is 1.95. The topological polar surface area (TPSA) is 79.0 Å². The molecular formula is C17H29N3O4. The van der Waals surface area contributed by atoms with Crippen molar-refractivity contribution in [3.05, 3.63) is 0 Å². The molecule has 1 spiro atoms. The summed E-state index contributed by atoms with van der Waals surface area (Å²) in [6.07, 6.45) is 1.65. The Morgan fingerprint density at radius 3 is 2.42 bits per heavy atom. The van der Waals surface area contributed by atoms with Crippen LogP contribution >= 0.6 is 0 Å². The van der Waals surface area contributed by atoms with E-state index in [1.807, 2.05) is 6.92 Å². The summed E-state index contributed by atoms with van der Waals surface area (Å²) in [5.41, 5.74) is -0.846. The normalized spacial score (nSPS) is 22.1. The van der Waals surface area contributed by atoms with Crippen LogP contribution in [0, 0.1) is 5.92 Å². The third kappa shape index (κ3) is 4.06. The highest BCUT2D eigenvalue weighted by molar-refractivity contribution is 6.08. The van der Waals surface area contributed by atoms with Gasteiger partial charge in [-0.25, -0.2) is 4.79 Å². The maximum atomic E-state index is 12.7. The predicted molar refractivity (Wildman–Crippen MR) is 89.3 cm³/mol. The van der Waals surface area contributed by atoms with Crippen molar-refractivity contribution in [2.24, 2.45) is 5.92 Å². The smallest absolute Gasteiger partial charge is 0.326 e. The molecule has 0 saturated carbocycles. The van der Waals surface area contributed by atoms with E-state index in [1.165, 1.54) is 0 Å². The molecule has 0 bridgehead atoms. The molecule has 1 unspecified atom stereocenters. The molecule has 0 aromatic rings. The summed E-state index contributed by atoms with van der Waals surface area (Å²) >= 11 is 0. The first kappa shape index (κ1) is 18.7. The van der Waals surface area contributed by atoms with Gasteiger partial charge in [0, 0.05) is 19.6 Å². The van der Waals surface area contributed by atoms with E-state index in [0.717, 1.165) is 24.5 Å². The molecular weight excluding hydrogens is 310 g/mol. The van der Waals surface area contributed by atoms with Crippen LogP contribution in [0.1, 0.15) is 47.0 Å². The zero-order valence-corrected chi connectivity index (χ0v) is 15.1. The highest BCUT2D eigenvalue weighted by Gasteiger charge is 2.52. The van der Waals surface area contributed by atoms with Gasteiger partial charge in [-0.15, -0.1) is 0 Å². The minimum Gasteiger partial charge on any atom is -0.461 e. The van der Waals surface area contributed by atoms with Gasteiger partial charge in [0.05, 0.1) is 6.10 Å². The zero-order chi connectivity index (χ0) is 17.9. The Morgan fingerprint density at radius 2 is 1.88 bits per heavy atom. The fourth-order valence-electron chi connectivity index (χ4n) is 3.27. The third-order valence-corrected chi connectivity index (χ3v) is 4.77. The Labute approximate surface area is 143 Å². The van der Waals surface area contributed by atoms with E-state index >= 15 is 0 Å². The van der Waals surface area contributed by atoms with Crippen molar-refractivity contribution in [2.45, 2.75) is 58.6 Å². The highest BCUT2D eigenvalue weighted by atomic mass is 16.5. The van der Waals surface area contributed by atoms with Crippen LogP contribution in [0.4, 0.5) is 4.79 Å². The van der Waals surface area contributed by atoms with Crippen molar-refractivity contribution < 1.29 is 19.1 Å². The second-order valence-corrected chi connectivity index (χ2v) is 7.31. The summed E-state index contributed by atoms with van der Waals surface area (Å²) in [7, 11) is 0. The standard InChI is InChI=1S/C17H29N3O4/c1-5-13(4)24-14(21)11-20-15(22)17(18-16(20)23)6-8-19(9-7-17)10-12(2)3/h12-13H,5-11H2,1-4H3,(H,18,23). The minimum atomic E-state index is -0.846. The van der Waals surface area contributed by atoms with Crippen LogP contribution in [0.15, 0.2) is 0 Å². The lowest BCUT2D eigenvalue weighted by Crippen LogP contribution is -2.55. The first-order valence-electron chi connectivity index (χ1n) is 8.83. The average Bonchev–Trinajstić information content (AvgIpc) is 2.73. The largest absolute Gasteiger partial charge is 0.461 e. The highest BCUT2D eigenvalue weighted by Crippen LogP contribution is 2.29. The molecule has 7 nitrogen and oxygen atoms in total. The van der Waals surface area contributed by atoms with Gasteiger partial charge in [0.2, 0.25) is 0 Å². The number of imide groups is 1. The fourth-order valence-corrected chi connectivity index (χ4v) is 3.27. The number of hydrogen-bond acceptors (Lipinski definition) is 5. The van der Waals surface area contributed by atoms with Gasteiger partial charge < -0.3 is 15.0 Å². The molecule has 3 amide bonds. The molecule has 24 heavy (non-hydrogen) atoms. The predicted octanol–water partition coefficient (Wildman–Crippen LogP) is 1.37. The number of piperidine rings is 1. The number of nitrogens with one attached hydrogen (secondary N) is 1. The van der Waals surface area contributed by atoms with E-state index in [1.54, 1.807) is 6.92 Å². The third-order valence-electron chi connectivity index (χ3n) is 4.77. The van der Waals surface area contributed by atoms with E-state index in [-0.39, 0.29) is 18.6 Å². The molecule has 2 aliphatic rings. The van der Waals surface area contributed by atoms with Crippen LogP contribution in [0.25, 0.3) is 0 Å². The van der Waals surface area contributed by atoms with Crippen molar-refractivity contribution >= 4 is 17.9 Å². The van der Waals surface area contributed by atoms with Crippen LogP contribution in [-0.4, -0.2) is 65.5 Å². The molecule has 2 fully saturated rings. The van der Waals surface area contributed by atoms with Crippen LogP contribution < -0.4 is 5.32 Å². The molecule has 2 saturated heterocycles. The van der Waals surface area contributed by atoms with Crippen LogP contribution in [0.5, 0.6) is 0 Å². The van der Waals surface area contributed by atoms with Crippen molar-refractivity contribution in [2.75, 3.05) is 26.2 Å². The summed E-state index contributed by atoms with van der Waals surface area (Å²) < 4.78 is 5.17. The zero-order valence-electron chi connectivity index (χ0n) is 15.1. The Kier molecular flexibility index (Phi) is 5.85. The molecule has 2 heterocycles. The van der Waals surface area contributed by atoms with Gasteiger partial charge in [0.1, 0.15) is 12.1 Å². The summed E-state index contributed by atoms with van der Waals surface area (Å²) in [6.45, 7) is 10.2. The molecule has 2 aliphatic heterocycles. The Hall–Kier alpha value is -1.63. The van der Waals surface area contributed by atoms with Gasteiger partial charge >= 0.3 is 12.0 Å². The number of carbonyl (C=O) groups excluding carboxylic acids is 3. The first-order chi connectivity index (χ1) is 11.3. The Morgan fingerprint density at radius 1 is 1.25 bits per heavy atom. The van der Waals surface area contributed by atoms with E-state index < -0.39 is 17.5 Å². The second-order valence-electron chi connectivity index (χ2n) is 7.31.